The van der Waals surface area contributed by atoms with E-state index < -0.39 is 9.85 Å². The van der Waals surface area contributed by atoms with Crippen LogP contribution in [0.4, 0.5) is 11.4 Å². The summed E-state index contributed by atoms with van der Waals surface area (Å²) in [5.74, 6) is 1.80. The number of likely N-dealkylation sites (tertiary alicyclic amines) is 1. The lowest BCUT2D eigenvalue weighted by Crippen LogP contribution is -2.41. The van der Waals surface area contributed by atoms with Gasteiger partial charge in [0.1, 0.15) is 11.5 Å². The number of carbonyl (C=O) groups is 2. The summed E-state index contributed by atoms with van der Waals surface area (Å²) in [6, 6.07) is 27.6. The molecule has 5 rings (SSSR count). The molecule has 1 fully saturated rings. The Kier molecular flexibility index (Phi) is 14.7. The van der Waals surface area contributed by atoms with Gasteiger partial charge in [-0.1, -0.05) is 48.5 Å². The maximum absolute atomic E-state index is 13.1. The third-order valence-corrected chi connectivity index (χ3v) is 9.73. The van der Waals surface area contributed by atoms with Gasteiger partial charge in [0.2, 0.25) is 11.8 Å². The van der Waals surface area contributed by atoms with Crippen molar-refractivity contribution in [2.24, 2.45) is 0 Å². The minimum Gasteiger partial charge on any atom is -0.497 e. The van der Waals surface area contributed by atoms with Gasteiger partial charge in [-0.2, -0.15) is 0 Å². The van der Waals surface area contributed by atoms with E-state index in [0.29, 0.717) is 18.8 Å². The molecule has 13 heteroatoms. The molecule has 0 bridgehead atoms. The van der Waals surface area contributed by atoms with Gasteiger partial charge >= 0.3 is 0 Å². The second-order valence-corrected chi connectivity index (χ2v) is 13.1. The van der Waals surface area contributed by atoms with Crippen LogP contribution in [0.1, 0.15) is 73.4 Å². The Labute approximate surface area is 314 Å². The molecule has 280 valence electrons. The Hall–Kier alpha value is -5.49. The average Bonchev–Trinajstić information content (AvgIpc) is 3.18. The van der Waals surface area contributed by atoms with Crippen molar-refractivity contribution in [2.45, 2.75) is 57.5 Å². The number of rotatable bonds is 14. The number of ether oxygens (including phenoxy) is 2. The monoisotopic (exact) mass is 744 g/mol. The topological polar surface area (TPSA) is 145 Å². The highest BCUT2D eigenvalue weighted by atomic mass is 35.5. The summed E-state index contributed by atoms with van der Waals surface area (Å²) in [4.78, 5) is 50.3. The Morgan fingerprint density at radius 2 is 1.34 bits per heavy atom. The molecule has 0 aromatic heterocycles. The summed E-state index contributed by atoms with van der Waals surface area (Å²) in [7, 11) is 3.24. The first-order chi connectivity index (χ1) is 25.5. The molecule has 3 atom stereocenters. The van der Waals surface area contributed by atoms with E-state index in [1.165, 1.54) is 24.3 Å². The van der Waals surface area contributed by atoms with Crippen LogP contribution in [0.3, 0.4) is 0 Å². The van der Waals surface area contributed by atoms with Gasteiger partial charge < -0.3 is 19.3 Å². The Balaban J connectivity index is 0.000000237. The van der Waals surface area contributed by atoms with Crippen LogP contribution in [-0.4, -0.2) is 64.6 Å². The fourth-order valence-corrected chi connectivity index (χ4v) is 6.44. The first kappa shape index (κ1) is 40.3. The molecule has 12 nitrogen and oxygen atoms in total. The van der Waals surface area contributed by atoms with Crippen molar-refractivity contribution in [1.29, 1.82) is 0 Å². The van der Waals surface area contributed by atoms with Gasteiger partial charge in [-0.3, -0.25) is 29.8 Å². The van der Waals surface area contributed by atoms with Crippen molar-refractivity contribution < 1.29 is 28.9 Å². The van der Waals surface area contributed by atoms with Gasteiger partial charge in [-0.15, -0.1) is 11.6 Å². The van der Waals surface area contributed by atoms with Gasteiger partial charge in [0, 0.05) is 43.2 Å². The van der Waals surface area contributed by atoms with E-state index in [-0.39, 0.29) is 47.6 Å². The predicted molar refractivity (Wildman–Crippen MR) is 203 cm³/mol. The summed E-state index contributed by atoms with van der Waals surface area (Å²) in [5.41, 5.74) is 3.69. The number of nitro benzene ring substituents is 2. The molecular weight excluding hydrogens is 700 g/mol. The number of piperidine rings is 1. The number of benzene rings is 4. The molecule has 4 aromatic carbocycles. The summed E-state index contributed by atoms with van der Waals surface area (Å²) >= 11 is 5.83. The number of nitro groups is 2. The van der Waals surface area contributed by atoms with E-state index >= 15 is 0 Å². The molecule has 1 saturated heterocycles. The molecule has 0 N–H and O–H groups in total. The molecule has 0 unspecified atom stereocenters. The number of alkyl halides is 1. The highest BCUT2D eigenvalue weighted by Crippen LogP contribution is 2.34. The second kappa shape index (κ2) is 19.4. The summed E-state index contributed by atoms with van der Waals surface area (Å²) in [6.45, 7) is 5.26. The van der Waals surface area contributed by atoms with Crippen LogP contribution in [0.15, 0.2) is 97.1 Å². The number of amides is 2. The zero-order valence-electron chi connectivity index (χ0n) is 30.4. The molecule has 1 aliphatic heterocycles. The van der Waals surface area contributed by atoms with E-state index in [1.54, 1.807) is 43.4 Å². The zero-order chi connectivity index (χ0) is 38.5. The fourth-order valence-electron chi connectivity index (χ4n) is 6.32. The zero-order valence-corrected chi connectivity index (χ0v) is 31.1. The van der Waals surface area contributed by atoms with Crippen LogP contribution in [0, 0.1) is 20.2 Å². The second-order valence-electron chi connectivity index (χ2n) is 12.7. The molecule has 2 amide bonds. The highest BCUT2D eigenvalue weighted by molar-refractivity contribution is 6.17. The third kappa shape index (κ3) is 10.8. The van der Waals surface area contributed by atoms with Crippen LogP contribution < -0.4 is 9.47 Å². The van der Waals surface area contributed by atoms with Crippen LogP contribution in [0.2, 0.25) is 0 Å². The van der Waals surface area contributed by atoms with Crippen molar-refractivity contribution in [1.82, 2.24) is 9.80 Å². The van der Waals surface area contributed by atoms with Crippen molar-refractivity contribution in [2.75, 3.05) is 33.2 Å². The lowest BCUT2D eigenvalue weighted by molar-refractivity contribution is -0.385. The summed E-state index contributed by atoms with van der Waals surface area (Å²) in [6.07, 6.45) is 2.55. The van der Waals surface area contributed by atoms with E-state index in [2.05, 4.69) is 0 Å². The van der Waals surface area contributed by atoms with Crippen LogP contribution >= 0.6 is 11.6 Å². The van der Waals surface area contributed by atoms with Gasteiger partial charge in [-0.05, 0) is 79.6 Å². The standard InChI is InChI=1S/C20H23ClN2O4.C20H22N2O4/c1-15(17-6-10-19(27-2)11-7-17)22(13-3-12-21)20(24)14-16-4-8-18(9-5-16)23(25)26;1-14(15-7-11-18(26-2)12-8-15)21-13-3-4-19(20(21)23)16-5-9-17(10-6-16)22(24)25/h4-11,15H,3,12-14H2,1-2H3;5-12,14,19H,3-4,13H2,1-2H3/t15-;14-,19-/m00/s1. The minimum atomic E-state index is -0.454. The number of halogens is 1. The minimum absolute atomic E-state index is 0.0109. The number of hydrogen-bond donors (Lipinski definition) is 0. The SMILES string of the molecule is COc1ccc([C@H](C)N(CCCCl)C(=O)Cc2ccc([N+](=O)[O-])cc2)cc1.COc1ccc([C@H](C)N2CCC[C@@H](c3ccc([N+](=O)[O-])cc3)C2=O)cc1. The molecule has 1 heterocycles. The smallest absolute Gasteiger partial charge is 0.269 e. The molecule has 0 saturated carbocycles. The van der Waals surface area contributed by atoms with Gasteiger partial charge in [0.05, 0.1) is 48.5 Å². The molecule has 53 heavy (non-hydrogen) atoms. The Bertz CT molecular complexity index is 1820. The van der Waals surface area contributed by atoms with E-state index in [4.69, 9.17) is 21.1 Å². The molecule has 0 spiro atoms. The highest BCUT2D eigenvalue weighted by Gasteiger charge is 2.33. The number of methoxy groups -OCH3 is 2. The third-order valence-electron chi connectivity index (χ3n) is 9.47. The largest absolute Gasteiger partial charge is 0.497 e. The van der Waals surface area contributed by atoms with Crippen molar-refractivity contribution in [3.63, 3.8) is 0 Å². The maximum atomic E-state index is 13.1. The Morgan fingerprint density at radius 1 is 0.830 bits per heavy atom. The van der Waals surface area contributed by atoms with Crippen molar-refractivity contribution in [3.8, 4) is 11.5 Å². The van der Waals surface area contributed by atoms with E-state index in [0.717, 1.165) is 53.1 Å². The molecule has 1 aliphatic rings. The lowest BCUT2D eigenvalue weighted by Gasteiger charge is -2.37. The summed E-state index contributed by atoms with van der Waals surface area (Å²) in [5, 5.41) is 21.6. The van der Waals surface area contributed by atoms with Crippen LogP contribution in [0.5, 0.6) is 11.5 Å². The number of carbonyl (C=O) groups excluding carboxylic acids is 2. The maximum Gasteiger partial charge on any atom is 0.269 e. The van der Waals surface area contributed by atoms with Crippen LogP contribution in [0.25, 0.3) is 0 Å². The predicted octanol–water partition coefficient (Wildman–Crippen LogP) is 8.44. The normalized spacial score (nSPS) is 15.0. The molecule has 4 aromatic rings. The van der Waals surface area contributed by atoms with Gasteiger partial charge in [0.15, 0.2) is 0 Å². The average molecular weight is 745 g/mol. The first-order valence-electron chi connectivity index (χ1n) is 17.4. The molecule has 0 aliphatic carbocycles. The van der Waals surface area contributed by atoms with E-state index in [1.807, 2.05) is 67.3 Å². The number of nitrogens with zero attached hydrogens (tertiary/aromatic N) is 4. The fraction of sp³-hybridized carbons (Fsp3) is 0.350. The van der Waals surface area contributed by atoms with Gasteiger partial charge in [0.25, 0.3) is 11.4 Å². The summed E-state index contributed by atoms with van der Waals surface area (Å²) < 4.78 is 10.4. The lowest BCUT2D eigenvalue weighted by atomic mass is 9.88. The molecular formula is C40H45ClN4O8. The van der Waals surface area contributed by atoms with Crippen molar-refractivity contribution in [3.05, 3.63) is 140 Å². The number of hydrogen-bond acceptors (Lipinski definition) is 8. The van der Waals surface area contributed by atoms with E-state index in [9.17, 15) is 29.8 Å². The first-order valence-corrected chi connectivity index (χ1v) is 17.9. The number of non-ortho nitro benzene ring substituents is 2. The van der Waals surface area contributed by atoms with Crippen LogP contribution in [-0.2, 0) is 16.0 Å². The van der Waals surface area contributed by atoms with Gasteiger partial charge in [-0.25, -0.2) is 0 Å². The molecule has 0 radical (unpaired) electrons. The quantitative estimate of drug-likeness (QED) is 0.0711. The van der Waals surface area contributed by atoms with Crippen molar-refractivity contribution >= 4 is 34.8 Å². The Morgan fingerprint density at radius 3 is 1.83 bits per heavy atom.